The van der Waals surface area contributed by atoms with E-state index < -0.39 is 0 Å². The Hall–Kier alpha value is -1.06. The van der Waals surface area contributed by atoms with Gasteiger partial charge in [-0.15, -0.1) is 0 Å². The summed E-state index contributed by atoms with van der Waals surface area (Å²) in [5.41, 5.74) is 0. The lowest BCUT2D eigenvalue weighted by Gasteiger charge is -2.14. The van der Waals surface area contributed by atoms with Crippen molar-refractivity contribution in [1.29, 1.82) is 0 Å². The molecule has 2 fully saturated rings. The van der Waals surface area contributed by atoms with Crippen molar-refractivity contribution in [3.8, 4) is 0 Å². The molecule has 0 spiro atoms. The molecule has 1 aliphatic carbocycles. The zero-order valence-electron chi connectivity index (χ0n) is 9.06. The van der Waals surface area contributed by atoms with E-state index in [0.717, 1.165) is 6.42 Å². The second kappa shape index (κ2) is 3.83. The molecule has 4 unspecified atom stereocenters. The maximum Gasteiger partial charge on any atom is 0.309 e. The summed E-state index contributed by atoms with van der Waals surface area (Å²) >= 11 is 0. The van der Waals surface area contributed by atoms with Crippen LogP contribution in [0.1, 0.15) is 33.1 Å². The van der Waals surface area contributed by atoms with Crippen molar-refractivity contribution in [2.75, 3.05) is 0 Å². The summed E-state index contributed by atoms with van der Waals surface area (Å²) in [7, 11) is 0. The first-order valence-electron chi connectivity index (χ1n) is 5.51. The molecule has 0 N–H and O–H groups in total. The Morgan fingerprint density at radius 3 is 2.87 bits per heavy atom. The molecular formula is C11H16O4. The molecule has 0 bridgehead atoms. The Balaban J connectivity index is 1.95. The average Bonchev–Trinajstić information content (AvgIpc) is 2.70. The SMILES string of the molecule is CCC(=O)OC1CC2C(=O)OC(C)C2C1. The smallest absolute Gasteiger partial charge is 0.309 e. The Bertz CT molecular complexity index is 286. The van der Waals surface area contributed by atoms with Crippen LogP contribution in [-0.4, -0.2) is 24.1 Å². The number of rotatable bonds is 2. The Kier molecular flexibility index (Phi) is 2.67. The van der Waals surface area contributed by atoms with E-state index in [1.807, 2.05) is 6.92 Å². The highest BCUT2D eigenvalue weighted by molar-refractivity contribution is 5.76. The van der Waals surface area contributed by atoms with E-state index in [1.54, 1.807) is 6.92 Å². The molecule has 84 valence electrons. The maximum absolute atomic E-state index is 11.4. The van der Waals surface area contributed by atoms with Crippen LogP contribution in [0.15, 0.2) is 0 Å². The number of ether oxygens (including phenoxy) is 2. The molecule has 15 heavy (non-hydrogen) atoms. The molecule has 2 aliphatic rings. The Morgan fingerprint density at radius 2 is 2.27 bits per heavy atom. The van der Waals surface area contributed by atoms with Crippen molar-refractivity contribution in [1.82, 2.24) is 0 Å². The van der Waals surface area contributed by atoms with Gasteiger partial charge < -0.3 is 9.47 Å². The molecule has 0 aromatic rings. The van der Waals surface area contributed by atoms with Gasteiger partial charge in [-0.25, -0.2) is 0 Å². The van der Waals surface area contributed by atoms with Crippen molar-refractivity contribution >= 4 is 11.9 Å². The van der Waals surface area contributed by atoms with Crippen LogP contribution in [0.25, 0.3) is 0 Å². The highest BCUT2D eigenvalue weighted by Crippen LogP contribution is 2.42. The normalized spacial score (nSPS) is 38.7. The number of hydrogen-bond donors (Lipinski definition) is 0. The number of esters is 2. The standard InChI is InChI=1S/C11H16O4/c1-3-10(12)15-7-4-8-6(2)14-11(13)9(8)5-7/h6-9H,3-5H2,1-2H3. The van der Waals surface area contributed by atoms with Gasteiger partial charge in [0.15, 0.2) is 0 Å². The summed E-state index contributed by atoms with van der Waals surface area (Å²) < 4.78 is 10.4. The van der Waals surface area contributed by atoms with E-state index >= 15 is 0 Å². The lowest BCUT2D eigenvalue weighted by molar-refractivity contribution is -0.152. The van der Waals surface area contributed by atoms with Gasteiger partial charge in [-0.2, -0.15) is 0 Å². The molecule has 4 heteroatoms. The first-order valence-corrected chi connectivity index (χ1v) is 5.51. The molecule has 1 aliphatic heterocycles. The first-order chi connectivity index (χ1) is 7.11. The number of carbonyl (C=O) groups is 2. The summed E-state index contributed by atoms with van der Waals surface area (Å²) in [6.07, 6.45) is 1.70. The van der Waals surface area contributed by atoms with E-state index in [-0.39, 0.29) is 36.0 Å². The third-order valence-electron chi connectivity index (χ3n) is 3.36. The van der Waals surface area contributed by atoms with Gasteiger partial charge in [0.1, 0.15) is 12.2 Å². The predicted molar refractivity (Wildman–Crippen MR) is 51.9 cm³/mol. The van der Waals surface area contributed by atoms with Crippen LogP contribution in [-0.2, 0) is 19.1 Å². The quantitative estimate of drug-likeness (QED) is 0.647. The van der Waals surface area contributed by atoms with Crippen LogP contribution in [0.5, 0.6) is 0 Å². The van der Waals surface area contributed by atoms with Crippen LogP contribution in [0.4, 0.5) is 0 Å². The van der Waals surface area contributed by atoms with Gasteiger partial charge in [0.25, 0.3) is 0 Å². The van der Waals surface area contributed by atoms with Gasteiger partial charge in [-0.1, -0.05) is 6.92 Å². The largest absolute Gasteiger partial charge is 0.462 e. The Labute approximate surface area is 88.9 Å². The molecule has 0 amide bonds. The summed E-state index contributed by atoms with van der Waals surface area (Å²) in [5, 5.41) is 0. The van der Waals surface area contributed by atoms with Crippen molar-refractivity contribution in [3.05, 3.63) is 0 Å². The van der Waals surface area contributed by atoms with Crippen LogP contribution < -0.4 is 0 Å². The summed E-state index contributed by atoms with van der Waals surface area (Å²) in [6, 6.07) is 0. The number of fused-ring (bicyclic) bond motifs is 1. The molecule has 2 rings (SSSR count). The number of hydrogen-bond acceptors (Lipinski definition) is 4. The fourth-order valence-corrected chi connectivity index (χ4v) is 2.54. The molecule has 4 nitrogen and oxygen atoms in total. The molecule has 4 atom stereocenters. The lowest BCUT2D eigenvalue weighted by Crippen LogP contribution is -2.18. The highest BCUT2D eigenvalue weighted by atomic mass is 16.6. The zero-order valence-corrected chi connectivity index (χ0v) is 9.06. The van der Waals surface area contributed by atoms with E-state index in [0.29, 0.717) is 12.8 Å². The lowest BCUT2D eigenvalue weighted by atomic mass is 9.95. The van der Waals surface area contributed by atoms with Gasteiger partial charge in [-0.05, 0) is 19.8 Å². The van der Waals surface area contributed by atoms with Crippen molar-refractivity contribution in [3.63, 3.8) is 0 Å². The van der Waals surface area contributed by atoms with Crippen LogP contribution in [0, 0.1) is 11.8 Å². The maximum atomic E-state index is 11.4. The minimum atomic E-state index is -0.180. The summed E-state index contributed by atoms with van der Waals surface area (Å²) in [4.78, 5) is 22.5. The molecule has 1 saturated carbocycles. The third-order valence-corrected chi connectivity index (χ3v) is 3.36. The van der Waals surface area contributed by atoms with Crippen LogP contribution in [0.3, 0.4) is 0 Å². The van der Waals surface area contributed by atoms with Gasteiger partial charge in [0, 0.05) is 12.3 Å². The van der Waals surface area contributed by atoms with Crippen molar-refractivity contribution < 1.29 is 19.1 Å². The van der Waals surface area contributed by atoms with Gasteiger partial charge in [0.05, 0.1) is 5.92 Å². The van der Waals surface area contributed by atoms with E-state index in [1.165, 1.54) is 0 Å². The average molecular weight is 212 g/mol. The summed E-state index contributed by atoms with van der Waals surface area (Å²) in [6.45, 7) is 3.68. The first kappa shape index (κ1) is 10.5. The molecule has 1 heterocycles. The van der Waals surface area contributed by atoms with Crippen LogP contribution in [0.2, 0.25) is 0 Å². The number of carbonyl (C=O) groups excluding carboxylic acids is 2. The fraction of sp³-hybridized carbons (Fsp3) is 0.818. The third kappa shape index (κ3) is 1.85. The topological polar surface area (TPSA) is 52.6 Å². The van der Waals surface area contributed by atoms with E-state index in [4.69, 9.17) is 9.47 Å². The van der Waals surface area contributed by atoms with E-state index in [2.05, 4.69) is 0 Å². The molecule has 1 saturated heterocycles. The second-order valence-corrected chi connectivity index (χ2v) is 4.35. The van der Waals surface area contributed by atoms with Crippen molar-refractivity contribution in [2.45, 2.75) is 45.3 Å². The molecule has 0 aromatic carbocycles. The summed E-state index contributed by atoms with van der Waals surface area (Å²) in [5.74, 6) is -0.106. The van der Waals surface area contributed by atoms with Gasteiger partial charge in [-0.3, -0.25) is 9.59 Å². The molecular weight excluding hydrogens is 196 g/mol. The number of cyclic esters (lactones) is 1. The minimum absolute atomic E-state index is 0.0205. The molecule has 0 aromatic heterocycles. The highest BCUT2D eigenvalue weighted by Gasteiger charge is 2.49. The zero-order chi connectivity index (χ0) is 11.0. The van der Waals surface area contributed by atoms with Crippen LogP contribution >= 0.6 is 0 Å². The Morgan fingerprint density at radius 1 is 1.53 bits per heavy atom. The fourth-order valence-electron chi connectivity index (χ4n) is 2.54. The van der Waals surface area contributed by atoms with Crippen molar-refractivity contribution in [2.24, 2.45) is 11.8 Å². The van der Waals surface area contributed by atoms with Gasteiger partial charge in [0.2, 0.25) is 0 Å². The second-order valence-electron chi connectivity index (χ2n) is 4.35. The van der Waals surface area contributed by atoms with Gasteiger partial charge >= 0.3 is 11.9 Å². The molecule has 0 radical (unpaired) electrons. The van der Waals surface area contributed by atoms with E-state index in [9.17, 15) is 9.59 Å². The minimum Gasteiger partial charge on any atom is -0.462 e. The predicted octanol–water partition coefficient (Wildman–Crippen LogP) is 1.28. The monoisotopic (exact) mass is 212 g/mol.